The summed E-state index contributed by atoms with van der Waals surface area (Å²) in [4.78, 5) is 0. The summed E-state index contributed by atoms with van der Waals surface area (Å²) in [6.07, 6.45) is 0. The molecule has 1 aliphatic rings. The molecular weight excluding hydrogens is 205 g/mol. The van der Waals surface area contributed by atoms with Gasteiger partial charge in [-0.1, -0.05) is 12.1 Å². The first-order valence-corrected chi connectivity index (χ1v) is 5.54. The highest BCUT2D eigenvalue weighted by molar-refractivity contribution is 5.33. The highest BCUT2D eigenvalue weighted by Gasteiger charge is 2.51. The third-order valence-corrected chi connectivity index (χ3v) is 3.90. The van der Waals surface area contributed by atoms with Crippen molar-refractivity contribution in [1.82, 2.24) is 5.32 Å². The number of hydrogen-bond donors (Lipinski definition) is 1. The van der Waals surface area contributed by atoms with Crippen LogP contribution < -0.4 is 5.32 Å². The molecule has 0 aromatic heterocycles. The van der Waals surface area contributed by atoms with Gasteiger partial charge in [-0.25, -0.2) is 4.39 Å². The molecule has 0 radical (unpaired) electrons. The monoisotopic (exact) mass is 223 g/mol. The van der Waals surface area contributed by atoms with E-state index >= 15 is 0 Å². The first kappa shape index (κ1) is 11.6. The van der Waals surface area contributed by atoms with E-state index in [0.717, 1.165) is 5.56 Å². The van der Waals surface area contributed by atoms with Crippen LogP contribution in [0.2, 0.25) is 0 Å². The van der Waals surface area contributed by atoms with Crippen molar-refractivity contribution < 1.29 is 9.13 Å². The fraction of sp³-hybridized carbons (Fsp3) is 0.538. The van der Waals surface area contributed by atoms with Crippen LogP contribution in [0.15, 0.2) is 24.3 Å². The molecule has 16 heavy (non-hydrogen) atoms. The predicted octanol–water partition coefficient (Wildman–Crippen LogP) is 2.09. The molecule has 0 spiro atoms. The fourth-order valence-electron chi connectivity index (χ4n) is 2.22. The maximum atomic E-state index is 13.3. The Morgan fingerprint density at radius 1 is 1.38 bits per heavy atom. The van der Waals surface area contributed by atoms with Crippen molar-refractivity contribution in [1.29, 1.82) is 0 Å². The quantitative estimate of drug-likeness (QED) is 0.847. The topological polar surface area (TPSA) is 21.3 Å². The largest absolute Gasteiger partial charge is 0.379 e. The van der Waals surface area contributed by atoms with E-state index in [1.807, 2.05) is 13.1 Å². The molecule has 0 amide bonds. The van der Waals surface area contributed by atoms with E-state index in [2.05, 4.69) is 19.2 Å². The Morgan fingerprint density at radius 3 is 2.50 bits per heavy atom. The number of likely N-dealkylation sites (N-methyl/N-ethyl adjacent to an activating group) is 1. The molecule has 1 heterocycles. The van der Waals surface area contributed by atoms with E-state index in [1.54, 1.807) is 12.1 Å². The summed E-state index contributed by atoms with van der Waals surface area (Å²) in [5, 5.41) is 3.30. The highest BCUT2D eigenvalue weighted by Crippen LogP contribution is 2.41. The lowest BCUT2D eigenvalue weighted by Gasteiger charge is -2.52. The molecule has 1 aromatic rings. The molecule has 1 aromatic carbocycles. The lowest BCUT2D eigenvalue weighted by atomic mass is 9.65. The van der Waals surface area contributed by atoms with Gasteiger partial charge in [0, 0.05) is 5.54 Å². The number of hydrogen-bond acceptors (Lipinski definition) is 2. The molecule has 0 bridgehead atoms. The van der Waals surface area contributed by atoms with Crippen molar-refractivity contribution in [2.24, 2.45) is 0 Å². The van der Waals surface area contributed by atoms with Gasteiger partial charge in [0.25, 0.3) is 0 Å². The Kier molecular flexibility index (Phi) is 2.76. The van der Waals surface area contributed by atoms with Gasteiger partial charge in [-0.05, 0) is 38.6 Å². The Morgan fingerprint density at radius 2 is 2.06 bits per heavy atom. The van der Waals surface area contributed by atoms with Gasteiger partial charge < -0.3 is 10.1 Å². The van der Waals surface area contributed by atoms with Crippen LogP contribution >= 0.6 is 0 Å². The van der Waals surface area contributed by atoms with E-state index in [9.17, 15) is 4.39 Å². The minimum absolute atomic E-state index is 0.112. The van der Waals surface area contributed by atoms with E-state index in [1.165, 1.54) is 6.07 Å². The first-order valence-electron chi connectivity index (χ1n) is 5.54. The van der Waals surface area contributed by atoms with Gasteiger partial charge in [0.05, 0.1) is 18.6 Å². The van der Waals surface area contributed by atoms with Gasteiger partial charge in [0.2, 0.25) is 0 Å². The zero-order valence-corrected chi connectivity index (χ0v) is 10.0. The Bertz CT molecular complexity index is 385. The Hall–Kier alpha value is -0.930. The van der Waals surface area contributed by atoms with Gasteiger partial charge in [-0.3, -0.25) is 0 Å². The zero-order chi connectivity index (χ0) is 11.8. The molecule has 2 rings (SSSR count). The molecule has 1 saturated heterocycles. The smallest absolute Gasteiger partial charge is 0.123 e. The molecule has 1 aliphatic heterocycles. The SMILES string of the molecule is CNC(C)(C)C1(c2cccc(F)c2)COC1. The van der Waals surface area contributed by atoms with Crippen molar-refractivity contribution in [3.05, 3.63) is 35.6 Å². The van der Waals surface area contributed by atoms with Crippen LogP contribution in [0, 0.1) is 5.82 Å². The van der Waals surface area contributed by atoms with Crippen LogP contribution in [-0.2, 0) is 10.2 Å². The summed E-state index contributed by atoms with van der Waals surface area (Å²) >= 11 is 0. The van der Waals surface area contributed by atoms with E-state index in [4.69, 9.17) is 4.74 Å². The average molecular weight is 223 g/mol. The van der Waals surface area contributed by atoms with Crippen molar-refractivity contribution in [2.45, 2.75) is 24.8 Å². The summed E-state index contributed by atoms with van der Waals surface area (Å²) < 4.78 is 18.6. The molecule has 2 nitrogen and oxygen atoms in total. The molecule has 0 atom stereocenters. The summed E-state index contributed by atoms with van der Waals surface area (Å²) in [6.45, 7) is 5.54. The second-order valence-electron chi connectivity index (χ2n) is 4.96. The average Bonchev–Trinajstić information content (AvgIpc) is 2.15. The van der Waals surface area contributed by atoms with Crippen molar-refractivity contribution in [3.63, 3.8) is 0 Å². The molecule has 0 saturated carbocycles. The van der Waals surface area contributed by atoms with Crippen LogP contribution in [0.3, 0.4) is 0 Å². The van der Waals surface area contributed by atoms with E-state index in [0.29, 0.717) is 13.2 Å². The Balaban J connectivity index is 2.43. The predicted molar refractivity (Wildman–Crippen MR) is 62.0 cm³/mol. The van der Waals surface area contributed by atoms with Gasteiger partial charge in [-0.2, -0.15) is 0 Å². The number of halogens is 1. The van der Waals surface area contributed by atoms with Crippen molar-refractivity contribution >= 4 is 0 Å². The zero-order valence-electron chi connectivity index (χ0n) is 10.0. The second-order valence-corrected chi connectivity index (χ2v) is 4.96. The summed E-state index contributed by atoms with van der Waals surface area (Å²) in [6, 6.07) is 6.83. The maximum absolute atomic E-state index is 13.3. The normalized spacial score (nSPS) is 19.2. The standard InChI is InChI=1S/C13H18FNO/c1-12(2,15-3)13(8-16-9-13)10-5-4-6-11(14)7-10/h4-7,15H,8-9H2,1-3H3. The first-order chi connectivity index (χ1) is 7.52. The Labute approximate surface area is 95.8 Å². The van der Waals surface area contributed by atoms with Gasteiger partial charge in [0.15, 0.2) is 0 Å². The molecular formula is C13H18FNO. The number of nitrogens with one attached hydrogen (secondary N) is 1. The lowest BCUT2D eigenvalue weighted by molar-refractivity contribution is -0.0992. The number of ether oxygens (including phenoxy) is 1. The molecule has 0 unspecified atom stereocenters. The lowest BCUT2D eigenvalue weighted by Crippen LogP contribution is -2.65. The van der Waals surface area contributed by atoms with Gasteiger partial charge in [0.1, 0.15) is 5.82 Å². The van der Waals surface area contributed by atoms with E-state index in [-0.39, 0.29) is 16.8 Å². The highest BCUT2D eigenvalue weighted by atomic mass is 19.1. The molecule has 0 aliphatic carbocycles. The van der Waals surface area contributed by atoms with Crippen molar-refractivity contribution in [2.75, 3.05) is 20.3 Å². The third kappa shape index (κ3) is 1.55. The van der Waals surface area contributed by atoms with Gasteiger partial charge >= 0.3 is 0 Å². The van der Waals surface area contributed by atoms with Crippen LogP contribution in [0.25, 0.3) is 0 Å². The summed E-state index contributed by atoms with van der Waals surface area (Å²) in [5.41, 5.74) is 0.779. The number of rotatable bonds is 3. The second kappa shape index (κ2) is 3.82. The fourth-order valence-corrected chi connectivity index (χ4v) is 2.22. The van der Waals surface area contributed by atoms with Crippen LogP contribution in [0.1, 0.15) is 19.4 Å². The minimum Gasteiger partial charge on any atom is -0.379 e. The molecule has 3 heteroatoms. The maximum Gasteiger partial charge on any atom is 0.123 e. The number of benzene rings is 1. The molecule has 1 N–H and O–H groups in total. The third-order valence-electron chi connectivity index (χ3n) is 3.90. The van der Waals surface area contributed by atoms with Crippen LogP contribution in [0.4, 0.5) is 4.39 Å². The molecule has 88 valence electrons. The summed E-state index contributed by atoms with van der Waals surface area (Å²) in [7, 11) is 1.93. The van der Waals surface area contributed by atoms with Crippen LogP contribution in [0.5, 0.6) is 0 Å². The van der Waals surface area contributed by atoms with Crippen molar-refractivity contribution in [3.8, 4) is 0 Å². The van der Waals surface area contributed by atoms with Gasteiger partial charge in [-0.15, -0.1) is 0 Å². The van der Waals surface area contributed by atoms with E-state index < -0.39 is 0 Å². The van der Waals surface area contributed by atoms with Crippen LogP contribution in [-0.4, -0.2) is 25.8 Å². The molecule has 1 fully saturated rings. The minimum atomic E-state index is -0.185. The summed E-state index contributed by atoms with van der Waals surface area (Å²) in [5.74, 6) is -0.185.